The summed E-state index contributed by atoms with van der Waals surface area (Å²) in [6.45, 7) is 8.99. The number of urea groups is 1. The van der Waals surface area contributed by atoms with E-state index in [1.165, 1.54) is 18.0 Å². The van der Waals surface area contributed by atoms with Gasteiger partial charge in [-0.1, -0.05) is 26.8 Å². The molecule has 2 fully saturated rings. The zero-order valence-corrected chi connectivity index (χ0v) is 19.0. The SMILES string of the molecule is C=CC1CC1(NC(=O)N1CCC[C@@H]1C(=O)N[C@H](C(=O)NCC(=O)NC)C(C)(C)C)C(=O)O. The predicted molar refractivity (Wildman–Crippen MR) is 115 cm³/mol. The molecule has 1 saturated carbocycles. The monoisotopic (exact) mass is 451 g/mol. The van der Waals surface area contributed by atoms with Crippen LogP contribution in [0.4, 0.5) is 4.79 Å². The first-order valence-corrected chi connectivity index (χ1v) is 10.6. The quantitative estimate of drug-likeness (QED) is 0.316. The van der Waals surface area contributed by atoms with Gasteiger partial charge in [0.05, 0.1) is 6.54 Å². The van der Waals surface area contributed by atoms with E-state index in [9.17, 15) is 29.1 Å². The Morgan fingerprint density at radius 2 is 1.91 bits per heavy atom. The number of rotatable bonds is 8. The molecule has 2 rings (SSSR count). The van der Waals surface area contributed by atoms with Crippen molar-refractivity contribution >= 4 is 29.7 Å². The first kappa shape index (κ1) is 25.2. The normalized spacial score (nSPS) is 25.3. The summed E-state index contributed by atoms with van der Waals surface area (Å²) in [6, 6.07) is -2.41. The Labute approximate surface area is 187 Å². The summed E-state index contributed by atoms with van der Waals surface area (Å²) in [5.74, 6) is -2.90. The molecule has 178 valence electrons. The van der Waals surface area contributed by atoms with E-state index in [-0.39, 0.29) is 24.8 Å². The van der Waals surface area contributed by atoms with Crippen LogP contribution >= 0.6 is 0 Å². The maximum atomic E-state index is 13.0. The number of carboxylic acid groups (broad SMARTS) is 1. The topological polar surface area (TPSA) is 157 Å². The molecule has 5 N–H and O–H groups in total. The van der Waals surface area contributed by atoms with Crippen LogP contribution in [-0.2, 0) is 19.2 Å². The van der Waals surface area contributed by atoms with Crippen LogP contribution in [-0.4, -0.2) is 77.5 Å². The van der Waals surface area contributed by atoms with Gasteiger partial charge in [-0.05, 0) is 24.7 Å². The molecule has 0 bridgehead atoms. The molecule has 0 aromatic rings. The van der Waals surface area contributed by atoms with E-state index in [2.05, 4.69) is 27.8 Å². The van der Waals surface area contributed by atoms with Gasteiger partial charge < -0.3 is 31.3 Å². The third kappa shape index (κ3) is 5.38. The largest absolute Gasteiger partial charge is 0.479 e. The van der Waals surface area contributed by atoms with Crippen LogP contribution in [0.1, 0.15) is 40.0 Å². The van der Waals surface area contributed by atoms with E-state index in [0.29, 0.717) is 19.4 Å². The molecule has 2 unspecified atom stereocenters. The average molecular weight is 452 g/mol. The number of amides is 5. The van der Waals surface area contributed by atoms with Crippen LogP contribution in [0.2, 0.25) is 0 Å². The highest BCUT2D eigenvalue weighted by Gasteiger charge is 2.61. The Bertz CT molecular complexity index is 807. The maximum Gasteiger partial charge on any atom is 0.330 e. The van der Waals surface area contributed by atoms with Crippen LogP contribution in [0, 0.1) is 11.3 Å². The van der Waals surface area contributed by atoms with Gasteiger partial charge in [0.1, 0.15) is 17.6 Å². The molecule has 32 heavy (non-hydrogen) atoms. The second-order valence-corrected chi connectivity index (χ2v) is 9.30. The highest BCUT2D eigenvalue weighted by molar-refractivity contribution is 5.95. The number of likely N-dealkylation sites (tertiary alicyclic amines) is 1. The third-order valence-corrected chi connectivity index (χ3v) is 5.94. The smallest absolute Gasteiger partial charge is 0.330 e. The van der Waals surface area contributed by atoms with Crippen LogP contribution in [0.5, 0.6) is 0 Å². The highest BCUT2D eigenvalue weighted by atomic mass is 16.4. The molecule has 0 spiro atoms. The molecule has 5 amide bonds. The van der Waals surface area contributed by atoms with Gasteiger partial charge in [-0.15, -0.1) is 6.58 Å². The Morgan fingerprint density at radius 3 is 2.41 bits per heavy atom. The van der Waals surface area contributed by atoms with E-state index in [1.807, 2.05) is 0 Å². The van der Waals surface area contributed by atoms with Crippen LogP contribution in [0.3, 0.4) is 0 Å². The minimum atomic E-state index is -1.39. The van der Waals surface area contributed by atoms with Gasteiger partial charge in [-0.2, -0.15) is 0 Å². The third-order valence-electron chi connectivity index (χ3n) is 5.94. The number of carbonyl (C=O) groups is 5. The number of aliphatic carboxylic acids is 1. The first-order chi connectivity index (χ1) is 14.9. The first-order valence-electron chi connectivity index (χ1n) is 10.6. The van der Waals surface area contributed by atoms with Gasteiger partial charge >= 0.3 is 12.0 Å². The van der Waals surface area contributed by atoms with E-state index < -0.39 is 46.9 Å². The summed E-state index contributed by atoms with van der Waals surface area (Å²) in [5, 5.41) is 19.7. The lowest BCUT2D eigenvalue weighted by Gasteiger charge is -2.33. The van der Waals surface area contributed by atoms with Crippen molar-refractivity contribution in [2.75, 3.05) is 20.1 Å². The lowest BCUT2D eigenvalue weighted by atomic mass is 9.86. The summed E-state index contributed by atoms with van der Waals surface area (Å²) in [6.07, 6.45) is 2.70. The van der Waals surface area contributed by atoms with Crippen molar-refractivity contribution in [2.45, 2.75) is 57.7 Å². The number of hydrogen-bond donors (Lipinski definition) is 5. The average Bonchev–Trinajstić information content (AvgIpc) is 3.21. The highest BCUT2D eigenvalue weighted by Crippen LogP contribution is 2.44. The number of hydrogen-bond acceptors (Lipinski definition) is 5. The summed E-state index contributed by atoms with van der Waals surface area (Å²) in [7, 11) is 1.45. The van der Waals surface area contributed by atoms with Crippen LogP contribution < -0.4 is 21.3 Å². The fraction of sp³-hybridized carbons (Fsp3) is 0.667. The molecule has 0 aromatic heterocycles. The van der Waals surface area contributed by atoms with Crippen molar-refractivity contribution < 1.29 is 29.1 Å². The number of carbonyl (C=O) groups excluding carboxylic acids is 4. The van der Waals surface area contributed by atoms with Gasteiger partial charge in [-0.3, -0.25) is 14.4 Å². The number of likely N-dealkylation sites (N-methyl/N-ethyl adjacent to an activating group) is 1. The molecule has 11 heteroatoms. The lowest BCUT2D eigenvalue weighted by Crippen LogP contribution is -2.59. The Hall–Kier alpha value is -3.11. The minimum absolute atomic E-state index is 0.225. The summed E-state index contributed by atoms with van der Waals surface area (Å²) in [4.78, 5) is 62.9. The second-order valence-electron chi connectivity index (χ2n) is 9.30. The van der Waals surface area contributed by atoms with Crippen molar-refractivity contribution in [1.82, 2.24) is 26.2 Å². The van der Waals surface area contributed by atoms with E-state index in [4.69, 9.17) is 0 Å². The fourth-order valence-corrected chi connectivity index (χ4v) is 3.83. The Balaban J connectivity index is 2.08. The van der Waals surface area contributed by atoms with Gasteiger partial charge in [0.2, 0.25) is 17.7 Å². The van der Waals surface area contributed by atoms with Crippen LogP contribution in [0.25, 0.3) is 0 Å². The molecule has 0 radical (unpaired) electrons. The van der Waals surface area contributed by atoms with Crippen molar-refractivity contribution in [3.8, 4) is 0 Å². The number of carboxylic acids is 1. The minimum Gasteiger partial charge on any atom is -0.479 e. The van der Waals surface area contributed by atoms with Crippen molar-refractivity contribution in [1.29, 1.82) is 0 Å². The lowest BCUT2D eigenvalue weighted by molar-refractivity contribution is -0.140. The molecule has 2 aliphatic rings. The van der Waals surface area contributed by atoms with Crippen molar-refractivity contribution in [3.63, 3.8) is 0 Å². The molecule has 0 aromatic carbocycles. The van der Waals surface area contributed by atoms with Gasteiger partial charge in [-0.25, -0.2) is 9.59 Å². The van der Waals surface area contributed by atoms with Crippen molar-refractivity contribution in [3.05, 3.63) is 12.7 Å². The van der Waals surface area contributed by atoms with E-state index in [0.717, 1.165) is 0 Å². The van der Waals surface area contributed by atoms with E-state index >= 15 is 0 Å². The molecular weight excluding hydrogens is 418 g/mol. The molecule has 11 nitrogen and oxygen atoms in total. The van der Waals surface area contributed by atoms with Gasteiger partial charge in [0.15, 0.2) is 0 Å². The van der Waals surface area contributed by atoms with Crippen LogP contribution in [0.15, 0.2) is 12.7 Å². The molecule has 1 aliphatic heterocycles. The fourth-order valence-electron chi connectivity index (χ4n) is 3.83. The zero-order valence-electron chi connectivity index (χ0n) is 19.0. The van der Waals surface area contributed by atoms with Crippen molar-refractivity contribution in [2.24, 2.45) is 11.3 Å². The second kappa shape index (κ2) is 9.58. The maximum absolute atomic E-state index is 13.0. The molecule has 1 saturated heterocycles. The van der Waals surface area contributed by atoms with Gasteiger partial charge in [0, 0.05) is 19.5 Å². The Morgan fingerprint density at radius 1 is 1.25 bits per heavy atom. The molecule has 4 atom stereocenters. The van der Waals surface area contributed by atoms with E-state index in [1.54, 1.807) is 20.8 Å². The molecular formula is C21H33N5O6. The molecule has 1 aliphatic carbocycles. The summed E-state index contributed by atoms with van der Waals surface area (Å²) < 4.78 is 0. The number of nitrogens with zero attached hydrogens (tertiary/aromatic N) is 1. The standard InChI is InChI=1S/C21H33N5O6/c1-6-12-10-21(12,18(30)31)25-19(32)26-9-7-8-13(26)16(28)24-15(20(2,3)4)17(29)23-11-14(27)22-5/h6,12-13,15H,1,7-11H2,2-5H3,(H,22,27)(H,23,29)(H,24,28)(H,25,32)(H,30,31)/t12?,13-,15-,21?/m1/s1. The predicted octanol–water partition coefficient (Wildman–Crippen LogP) is -0.417. The summed E-state index contributed by atoms with van der Waals surface area (Å²) >= 11 is 0. The van der Waals surface area contributed by atoms with Gasteiger partial charge in [0.25, 0.3) is 0 Å². The summed E-state index contributed by atoms with van der Waals surface area (Å²) in [5.41, 5.74) is -2.05. The zero-order chi connectivity index (χ0) is 24.3. The molecule has 1 heterocycles. The number of nitrogens with one attached hydrogen (secondary N) is 4. The Kier molecular flexibility index (Phi) is 7.53.